The van der Waals surface area contributed by atoms with Crippen LogP contribution >= 0.6 is 0 Å². The van der Waals surface area contributed by atoms with E-state index in [9.17, 15) is 0 Å². The van der Waals surface area contributed by atoms with Gasteiger partial charge in [-0.15, -0.1) is 0 Å². The van der Waals surface area contributed by atoms with Crippen LogP contribution in [0.5, 0.6) is 0 Å². The molecule has 0 saturated carbocycles. The fourth-order valence-electron chi connectivity index (χ4n) is 1.37. The van der Waals surface area contributed by atoms with Gasteiger partial charge in [0, 0.05) is 6.42 Å². The molecular formula is C11H19NO. The molecule has 2 heteroatoms. The van der Waals surface area contributed by atoms with Gasteiger partial charge in [0.15, 0.2) is 6.39 Å². The summed E-state index contributed by atoms with van der Waals surface area (Å²) in [5.74, 6) is 1.07. The van der Waals surface area contributed by atoms with E-state index in [-0.39, 0.29) is 0 Å². The summed E-state index contributed by atoms with van der Waals surface area (Å²) < 4.78 is 5.34. The smallest absolute Gasteiger partial charge is 0.181 e. The summed E-state index contributed by atoms with van der Waals surface area (Å²) in [6.45, 7) is 8.82. The standard InChI is InChI=1S/C11H19NO/c1-5-6-10-9(12-8-13-10)7-11(2,3)4/h8H,5-7H2,1-4H3. The van der Waals surface area contributed by atoms with Gasteiger partial charge in [-0.2, -0.15) is 0 Å². The number of aromatic nitrogens is 1. The summed E-state index contributed by atoms with van der Waals surface area (Å²) in [6, 6.07) is 0. The van der Waals surface area contributed by atoms with Gasteiger partial charge in [0.25, 0.3) is 0 Å². The Morgan fingerprint density at radius 1 is 1.38 bits per heavy atom. The molecule has 74 valence electrons. The minimum Gasteiger partial charge on any atom is -0.448 e. The maximum absolute atomic E-state index is 5.34. The van der Waals surface area contributed by atoms with Crippen molar-refractivity contribution < 1.29 is 4.42 Å². The molecule has 0 unspecified atom stereocenters. The third kappa shape index (κ3) is 3.21. The molecule has 1 aromatic rings. The van der Waals surface area contributed by atoms with Gasteiger partial charge in [-0.25, -0.2) is 4.98 Å². The predicted molar refractivity (Wildman–Crippen MR) is 53.7 cm³/mol. The number of aryl methyl sites for hydroxylation is 1. The average molecular weight is 181 g/mol. The molecule has 0 bridgehead atoms. The molecule has 0 aliphatic rings. The first-order chi connectivity index (χ1) is 6.03. The van der Waals surface area contributed by atoms with Crippen molar-refractivity contribution in [3.8, 4) is 0 Å². The van der Waals surface area contributed by atoms with Crippen molar-refractivity contribution in [3.05, 3.63) is 17.8 Å². The lowest BCUT2D eigenvalue weighted by Crippen LogP contribution is -2.10. The normalized spacial score (nSPS) is 12.0. The largest absolute Gasteiger partial charge is 0.448 e. The van der Waals surface area contributed by atoms with E-state index in [1.165, 1.54) is 0 Å². The van der Waals surface area contributed by atoms with Crippen LogP contribution in [0.4, 0.5) is 0 Å². The molecule has 0 fully saturated rings. The summed E-state index contributed by atoms with van der Waals surface area (Å²) >= 11 is 0. The van der Waals surface area contributed by atoms with Crippen LogP contribution < -0.4 is 0 Å². The summed E-state index contributed by atoms with van der Waals surface area (Å²) in [4.78, 5) is 4.25. The topological polar surface area (TPSA) is 26.0 Å². The van der Waals surface area contributed by atoms with Crippen molar-refractivity contribution in [1.82, 2.24) is 4.98 Å². The second-order valence-corrected chi connectivity index (χ2v) is 4.71. The second kappa shape index (κ2) is 3.95. The van der Waals surface area contributed by atoms with Crippen LogP contribution in [-0.2, 0) is 12.8 Å². The maximum Gasteiger partial charge on any atom is 0.181 e. The van der Waals surface area contributed by atoms with E-state index >= 15 is 0 Å². The molecule has 0 spiro atoms. The van der Waals surface area contributed by atoms with E-state index in [0.717, 1.165) is 30.7 Å². The van der Waals surface area contributed by atoms with Crippen LogP contribution in [0.15, 0.2) is 10.8 Å². The Bertz CT molecular complexity index is 257. The van der Waals surface area contributed by atoms with Gasteiger partial charge in [0.05, 0.1) is 5.69 Å². The van der Waals surface area contributed by atoms with Gasteiger partial charge < -0.3 is 4.42 Å². The lowest BCUT2D eigenvalue weighted by Gasteiger charge is -2.16. The van der Waals surface area contributed by atoms with Gasteiger partial charge in [0.2, 0.25) is 0 Å². The van der Waals surface area contributed by atoms with E-state index in [0.29, 0.717) is 5.41 Å². The number of oxazole rings is 1. The molecule has 0 saturated heterocycles. The monoisotopic (exact) mass is 181 g/mol. The zero-order valence-electron chi connectivity index (χ0n) is 9.05. The SMILES string of the molecule is CCCc1ocnc1CC(C)(C)C. The van der Waals surface area contributed by atoms with Gasteiger partial charge in [0.1, 0.15) is 5.76 Å². The highest BCUT2D eigenvalue weighted by Gasteiger charge is 2.16. The highest BCUT2D eigenvalue weighted by atomic mass is 16.3. The Hall–Kier alpha value is -0.790. The molecular weight excluding hydrogens is 162 g/mol. The minimum absolute atomic E-state index is 0.291. The Balaban J connectivity index is 2.70. The minimum atomic E-state index is 0.291. The summed E-state index contributed by atoms with van der Waals surface area (Å²) in [5.41, 5.74) is 1.42. The molecule has 1 rings (SSSR count). The van der Waals surface area contributed by atoms with Crippen LogP contribution in [0, 0.1) is 5.41 Å². The Labute approximate surface area is 80.4 Å². The average Bonchev–Trinajstić information content (AvgIpc) is 2.34. The molecule has 0 aliphatic carbocycles. The van der Waals surface area contributed by atoms with Crippen molar-refractivity contribution in [1.29, 1.82) is 0 Å². The first-order valence-corrected chi connectivity index (χ1v) is 4.94. The van der Waals surface area contributed by atoms with E-state index in [2.05, 4.69) is 32.7 Å². The molecule has 0 N–H and O–H groups in total. The number of hydrogen-bond donors (Lipinski definition) is 0. The van der Waals surface area contributed by atoms with Crippen LogP contribution in [-0.4, -0.2) is 4.98 Å². The van der Waals surface area contributed by atoms with Gasteiger partial charge in [-0.05, 0) is 18.3 Å². The summed E-state index contributed by atoms with van der Waals surface area (Å²) in [5, 5.41) is 0. The Morgan fingerprint density at radius 2 is 2.08 bits per heavy atom. The van der Waals surface area contributed by atoms with Crippen molar-refractivity contribution in [2.45, 2.75) is 47.0 Å². The third-order valence-electron chi connectivity index (χ3n) is 1.90. The van der Waals surface area contributed by atoms with E-state index in [1.807, 2.05) is 0 Å². The predicted octanol–water partition coefficient (Wildman–Crippen LogP) is 3.22. The van der Waals surface area contributed by atoms with E-state index in [1.54, 1.807) is 6.39 Å². The van der Waals surface area contributed by atoms with Crippen molar-refractivity contribution in [2.24, 2.45) is 5.41 Å². The molecule has 2 nitrogen and oxygen atoms in total. The lowest BCUT2D eigenvalue weighted by atomic mass is 9.90. The Morgan fingerprint density at radius 3 is 2.62 bits per heavy atom. The quantitative estimate of drug-likeness (QED) is 0.715. The molecule has 1 heterocycles. The zero-order valence-corrected chi connectivity index (χ0v) is 9.05. The number of nitrogens with zero attached hydrogens (tertiary/aromatic N) is 1. The first-order valence-electron chi connectivity index (χ1n) is 4.94. The number of hydrogen-bond acceptors (Lipinski definition) is 2. The van der Waals surface area contributed by atoms with Gasteiger partial charge in [-0.3, -0.25) is 0 Å². The fraction of sp³-hybridized carbons (Fsp3) is 0.727. The molecule has 0 aliphatic heterocycles. The van der Waals surface area contributed by atoms with E-state index < -0.39 is 0 Å². The van der Waals surface area contributed by atoms with E-state index in [4.69, 9.17) is 4.42 Å². The fourth-order valence-corrected chi connectivity index (χ4v) is 1.37. The summed E-state index contributed by atoms with van der Waals surface area (Å²) in [7, 11) is 0. The van der Waals surface area contributed by atoms with Crippen LogP contribution in [0.1, 0.15) is 45.6 Å². The highest BCUT2D eigenvalue weighted by molar-refractivity contribution is 5.09. The first kappa shape index (κ1) is 10.3. The van der Waals surface area contributed by atoms with Crippen molar-refractivity contribution in [2.75, 3.05) is 0 Å². The van der Waals surface area contributed by atoms with Gasteiger partial charge in [-0.1, -0.05) is 27.7 Å². The zero-order chi connectivity index (χ0) is 9.90. The molecule has 0 aromatic carbocycles. The molecule has 13 heavy (non-hydrogen) atoms. The molecule has 0 amide bonds. The summed E-state index contributed by atoms with van der Waals surface area (Å²) in [6.07, 6.45) is 4.68. The van der Waals surface area contributed by atoms with Crippen LogP contribution in [0.3, 0.4) is 0 Å². The second-order valence-electron chi connectivity index (χ2n) is 4.71. The lowest BCUT2D eigenvalue weighted by molar-refractivity contribution is 0.400. The molecule has 0 atom stereocenters. The third-order valence-corrected chi connectivity index (χ3v) is 1.90. The van der Waals surface area contributed by atoms with Crippen LogP contribution in [0.2, 0.25) is 0 Å². The highest BCUT2D eigenvalue weighted by Crippen LogP contribution is 2.22. The maximum atomic E-state index is 5.34. The van der Waals surface area contributed by atoms with Crippen molar-refractivity contribution >= 4 is 0 Å². The molecule has 0 radical (unpaired) electrons. The Kier molecular flexibility index (Phi) is 3.12. The van der Waals surface area contributed by atoms with Crippen molar-refractivity contribution in [3.63, 3.8) is 0 Å². The van der Waals surface area contributed by atoms with Gasteiger partial charge >= 0.3 is 0 Å². The van der Waals surface area contributed by atoms with Crippen LogP contribution in [0.25, 0.3) is 0 Å². The molecule has 1 aromatic heterocycles. The number of rotatable bonds is 3.